The minimum absolute atomic E-state index is 0.0158. The Labute approximate surface area is 132 Å². The van der Waals surface area contributed by atoms with Gasteiger partial charge in [-0.3, -0.25) is 4.90 Å². The Morgan fingerprint density at radius 3 is 2.59 bits per heavy atom. The van der Waals surface area contributed by atoms with Gasteiger partial charge in [0, 0.05) is 6.54 Å². The van der Waals surface area contributed by atoms with Gasteiger partial charge in [-0.05, 0) is 44.3 Å². The lowest BCUT2D eigenvalue weighted by molar-refractivity contribution is -0.154. The molecule has 1 heterocycles. The Morgan fingerprint density at radius 2 is 2.00 bits per heavy atom. The molecular weight excluding hydrogens is 278 g/mol. The number of carbonyl (C=O) groups excluding carboxylic acids is 1. The van der Waals surface area contributed by atoms with E-state index in [0.717, 1.165) is 32.5 Å². The van der Waals surface area contributed by atoms with Crippen molar-refractivity contribution in [2.75, 3.05) is 26.7 Å². The van der Waals surface area contributed by atoms with Gasteiger partial charge in [-0.2, -0.15) is 0 Å². The number of aliphatic hydroxyl groups excluding tert-OH is 1. The Balaban J connectivity index is 1.82. The molecule has 1 aromatic rings. The summed E-state index contributed by atoms with van der Waals surface area (Å²) in [4.78, 5) is 13.7. The quantitative estimate of drug-likeness (QED) is 0.848. The second kappa shape index (κ2) is 8.11. The van der Waals surface area contributed by atoms with Gasteiger partial charge in [0.25, 0.3) is 0 Å². The highest BCUT2D eigenvalue weighted by Crippen LogP contribution is 2.22. The van der Waals surface area contributed by atoms with Gasteiger partial charge >= 0.3 is 5.97 Å². The van der Waals surface area contributed by atoms with Crippen molar-refractivity contribution in [2.45, 2.75) is 25.9 Å². The van der Waals surface area contributed by atoms with E-state index in [1.807, 2.05) is 18.2 Å². The van der Waals surface area contributed by atoms with Crippen molar-refractivity contribution in [1.29, 1.82) is 0 Å². The van der Waals surface area contributed by atoms with Crippen LogP contribution in [-0.4, -0.2) is 48.8 Å². The zero-order chi connectivity index (χ0) is 15.9. The van der Waals surface area contributed by atoms with Crippen LogP contribution in [0, 0.1) is 5.92 Å². The van der Waals surface area contributed by atoms with Crippen LogP contribution in [-0.2, 0) is 9.53 Å². The number of nitrogens with zero attached hydrogens (tertiary/aromatic N) is 1. The molecule has 1 aromatic carbocycles. The number of aliphatic hydroxyl groups is 1. The lowest BCUT2D eigenvalue weighted by atomic mass is 9.91. The monoisotopic (exact) mass is 303 g/mol. The fourth-order valence-corrected chi connectivity index (χ4v) is 2.97. The normalized spacial score (nSPS) is 19.0. The van der Waals surface area contributed by atoms with Crippen LogP contribution in [0.3, 0.4) is 0 Å². The number of hydrogen-bond acceptors (Lipinski definition) is 4. The van der Waals surface area contributed by atoms with E-state index in [1.54, 1.807) is 0 Å². The van der Waals surface area contributed by atoms with Crippen LogP contribution >= 0.6 is 0 Å². The molecule has 0 aromatic heterocycles. The van der Waals surface area contributed by atoms with Crippen molar-refractivity contribution >= 4 is 12.0 Å². The summed E-state index contributed by atoms with van der Waals surface area (Å²) in [6.45, 7) is 4.87. The molecule has 1 fully saturated rings. The number of hydrogen-bond donors (Lipinski definition) is 1. The summed E-state index contributed by atoms with van der Waals surface area (Å²) < 4.78 is 4.61. The highest BCUT2D eigenvalue weighted by Gasteiger charge is 2.30. The molecule has 22 heavy (non-hydrogen) atoms. The van der Waals surface area contributed by atoms with Crippen molar-refractivity contribution < 1.29 is 14.6 Å². The molecule has 1 aliphatic rings. The number of ether oxygens (including phenoxy) is 1. The summed E-state index contributed by atoms with van der Waals surface area (Å²) in [7, 11) is 1.32. The molecule has 120 valence electrons. The van der Waals surface area contributed by atoms with Gasteiger partial charge in [-0.25, -0.2) is 4.79 Å². The van der Waals surface area contributed by atoms with Crippen molar-refractivity contribution in [2.24, 2.45) is 5.92 Å². The number of esters is 1. The molecule has 0 bridgehead atoms. The minimum Gasteiger partial charge on any atom is -0.467 e. The van der Waals surface area contributed by atoms with E-state index in [0.29, 0.717) is 0 Å². The van der Waals surface area contributed by atoms with Crippen LogP contribution in [0.1, 0.15) is 25.3 Å². The van der Waals surface area contributed by atoms with Gasteiger partial charge in [0.15, 0.2) is 6.10 Å². The molecule has 0 saturated carbocycles. The van der Waals surface area contributed by atoms with Gasteiger partial charge < -0.3 is 9.84 Å². The summed E-state index contributed by atoms with van der Waals surface area (Å²) in [5.41, 5.74) is 2.54. The van der Waals surface area contributed by atoms with Crippen LogP contribution < -0.4 is 0 Å². The highest BCUT2D eigenvalue weighted by molar-refractivity contribution is 5.74. The maximum Gasteiger partial charge on any atom is 0.334 e. The molecule has 1 N–H and O–H groups in total. The Morgan fingerprint density at radius 1 is 1.36 bits per heavy atom. The first kappa shape index (κ1) is 16.7. The predicted molar refractivity (Wildman–Crippen MR) is 87.3 cm³/mol. The predicted octanol–water partition coefficient (Wildman–Crippen LogP) is 2.34. The average Bonchev–Trinajstić information content (AvgIpc) is 2.55. The van der Waals surface area contributed by atoms with Crippen LogP contribution in [0.2, 0.25) is 0 Å². The molecule has 1 saturated heterocycles. The Hall–Kier alpha value is -1.65. The maximum absolute atomic E-state index is 11.4. The number of rotatable bonds is 5. The van der Waals surface area contributed by atoms with E-state index >= 15 is 0 Å². The molecule has 0 aliphatic carbocycles. The van der Waals surface area contributed by atoms with Crippen molar-refractivity contribution in [1.82, 2.24) is 4.90 Å². The third-order valence-electron chi connectivity index (χ3n) is 4.21. The molecule has 0 spiro atoms. The van der Waals surface area contributed by atoms with E-state index in [4.69, 9.17) is 0 Å². The first-order valence-corrected chi connectivity index (χ1v) is 7.80. The third-order valence-corrected chi connectivity index (χ3v) is 4.21. The minimum atomic E-state index is -0.979. The molecule has 2 rings (SSSR count). The Kier molecular flexibility index (Phi) is 6.16. The standard InChI is InChI=1S/C18H25NO3/c1-14(12-15-6-4-3-5-7-15)13-19-10-8-16(9-11-19)17(20)18(21)22-2/h3-7,12,16-17,20H,8-11,13H2,1-2H3/b14-12+. The van der Waals surface area contributed by atoms with Gasteiger partial charge in [0.1, 0.15) is 0 Å². The molecule has 1 atom stereocenters. The highest BCUT2D eigenvalue weighted by atomic mass is 16.5. The fraction of sp³-hybridized carbons (Fsp3) is 0.500. The van der Waals surface area contributed by atoms with Crippen molar-refractivity contribution in [3.05, 3.63) is 41.5 Å². The summed E-state index contributed by atoms with van der Waals surface area (Å²) in [5, 5.41) is 9.90. The molecule has 1 aliphatic heterocycles. The van der Waals surface area contributed by atoms with Gasteiger partial charge in [-0.15, -0.1) is 0 Å². The lowest BCUT2D eigenvalue weighted by Gasteiger charge is -2.33. The topological polar surface area (TPSA) is 49.8 Å². The van der Waals surface area contributed by atoms with Gasteiger partial charge in [-0.1, -0.05) is 42.0 Å². The fourth-order valence-electron chi connectivity index (χ4n) is 2.97. The van der Waals surface area contributed by atoms with Crippen LogP contribution in [0.25, 0.3) is 6.08 Å². The smallest absolute Gasteiger partial charge is 0.334 e. The van der Waals surface area contributed by atoms with E-state index in [1.165, 1.54) is 18.2 Å². The van der Waals surface area contributed by atoms with E-state index in [-0.39, 0.29) is 5.92 Å². The zero-order valence-electron chi connectivity index (χ0n) is 13.4. The zero-order valence-corrected chi connectivity index (χ0v) is 13.4. The third kappa shape index (κ3) is 4.68. The SMILES string of the molecule is COC(=O)C(O)C1CCN(C/C(C)=C/c2ccccc2)CC1. The molecular formula is C18H25NO3. The first-order chi connectivity index (χ1) is 10.6. The van der Waals surface area contributed by atoms with E-state index < -0.39 is 12.1 Å². The van der Waals surface area contributed by atoms with Crippen LogP contribution in [0.15, 0.2) is 35.9 Å². The van der Waals surface area contributed by atoms with E-state index in [9.17, 15) is 9.90 Å². The molecule has 0 amide bonds. The maximum atomic E-state index is 11.4. The largest absolute Gasteiger partial charge is 0.467 e. The van der Waals surface area contributed by atoms with Crippen molar-refractivity contribution in [3.63, 3.8) is 0 Å². The summed E-state index contributed by atoms with van der Waals surface area (Å²) >= 11 is 0. The summed E-state index contributed by atoms with van der Waals surface area (Å²) in [6.07, 6.45) is 2.88. The molecule has 0 radical (unpaired) electrons. The van der Waals surface area contributed by atoms with Gasteiger partial charge in [0.05, 0.1) is 7.11 Å². The number of benzene rings is 1. The van der Waals surface area contributed by atoms with Gasteiger partial charge in [0.2, 0.25) is 0 Å². The second-order valence-electron chi connectivity index (χ2n) is 5.98. The van der Waals surface area contributed by atoms with Crippen molar-refractivity contribution in [3.8, 4) is 0 Å². The number of carbonyl (C=O) groups is 1. The molecule has 4 heteroatoms. The summed E-state index contributed by atoms with van der Waals surface area (Å²) in [6, 6.07) is 10.3. The van der Waals surface area contributed by atoms with Crippen LogP contribution in [0.4, 0.5) is 0 Å². The Bertz CT molecular complexity index is 504. The van der Waals surface area contributed by atoms with E-state index in [2.05, 4.69) is 34.8 Å². The number of likely N-dealkylation sites (tertiary alicyclic amines) is 1. The first-order valence-electron chi connectivity index (χ1n) is 7.80. The number of piperidine rings is 1. The summed E-state index contributed by atoms with van der Waals surface area (Å²) in [5.74, 6) is -0.499. The average molecular weight is 303 g/mol. The van der Waals surface area contributed by atoms with Crippen LogP contribution in [0.5, 0.6) is 0 Å². The molecule has 1 unspecified atom stereocenters. The number of methoxy groups -OCH3 is 1. The molecule has 4 nitrogen and oxygen atoms in total. The second-order valence-corrected chi connectivity index (χ2v) is 5.98. The lowest BCUT2D eigenvalue weighted by Crippen LogP contribution is -2.41.